The van der Waals surface area contributed by atoms with Crippen molar-refractivity contribution in [2.45, 2.75) is 19.4 Å². The maximum absolute atomic E-state index is 12.0. The number of nitrogens with one attached hydrogen (secondary N) is 1. The summed E-state index contributed by atoms with van der Waals surface area (Å²) in [6, 6.07) is 11.3. The van der Waals surface area contributed by atoms with E-state index in [-0.39, 0.29) is 5.91 Å². The molecule has 0 aliphatic rings. The second-order valence-corrected chi connectivity index (χ2v) is 5.13. The minimum Gasteiger partial charge on any atom is -0.345 e. The molecular weight excluding hydrogens is 248 g/mol. The first kappa shape index (κ1) is 12.8. The van der Waals surface area contributed by atoms with Gasteiger partial charge in [-0.2, -0.15) is 0 Å². The monoisotopic (exact) mass is 262 g/mol. The van der Waals surface area contributed by atoms with Crippen molar-refractivity contribution in [1.82, 2.24) is 10.3 Å². The summed E-state index contributed by atoms with van der Waals surface area (Å²) in [7, 11) is 0. The van der Waals surface area contributed by atoms with Crippen molar-refractivity contribution in [3.63, 3.8) is 0 Å². The Balaban J connectivity index is 2.28. The molecule has 0 saturated carbocycles. The minimum atomic E-state index is -0.439. The highest BCUT2D eigenvalue weighted by Gasteiger charge is 2.20. The van der Waals surface area contributed by atoms with Crippen molar-refractivity contribution < 1.29 is 4.79 Å². The summed E-state index contributed by atoms with van der Waals surface area (Å²) in [5.74, 6) is 0.151. The second-order valence-electron chi connectivity index (χ2n) is 4.86. The first-order valence-corrected chi connectivity index (χ1v) is 6.29. The molecule has 3 nitrogen and oxygen atoms in total. The number of pyridine rings is 1. The molecule has 1 heterocycles. The van der Waals surface area contributed by atoms with E-state index in [2.05, 4.69) is 10.3 Å². The Morgan fingerprint density at radius 1 is 1.28 bits per heavy atom. The lowest BCUT2D eigenvalue weighted by molar-refractivity contribution is 0.0915. The molecule has 1 amide bonds. The predicted molar refractivity (Wildman–Crippen MR) is 74.0 cm³/mol. The van der Waals surface area contributed by atoms with Crippen LogP contribution in [0.15, 0.2) is 36.4 Å². The predicted octanol–water partition coefficient (Wildman–Crippen LogP) is 2.98. The first-order valence-electron chi connectivity index (χ1n) is 5.76. The number of alkyl halides is 1. The SMILES string of the molecule is CC(C)(CCl)NC(=O)c1ccc2ccccc2n1. The molecule has 2 rings (SSSR count). The number of halogens is 1. The molecule has 94 valence electrons. The van der Waals surface area contributed by atoms with Crippen LogP contribution in [-0.4, -0.2) is 22.3 Å². The minimum absolute atomic E-state index is 0.202. The lowest BCUT2D eigenvalue weighted by Gasteiger charge is -2.22. The maximum atomic E-state index is 12.0. The number of fused-ring (bicyclic) bond motifs is 1. The van der Waals surface area contributed by atoms with Gasteiger partial charge in [0.05, 0.1) is 5.52 Å². The summed E-state index contributed by atoms with van der Waals surface area (Å²) in [4.78, 5) is 16.4. The number of hydrogen-bond donors (Lipinski definition) is 1. The van der Waals surface area contributed by atoms with Crippen LogP contribution in [0.25, 0.3) is 10.9 Å². The van der Waals surface area contributed by atoms with Gasteiger partial charge < -0.3 is 5.32 Å². The molecule has 0 fully saturated rings. The van der Waals surface area contributed by atoms with Crippen molar-refractivity contribution in [1.29, 1.82) is 0 Å². The number of aromatic nitrogens is 1. The van der Waals surface area contributed by atoms with Crippen LogP contribution >= 0.6 is 11.6 Å². The topological polar surface area (TPSA) is 42.0 Å². The Labute approximate surface area is 111 Å². The Hall–Kier alpha value is -1.61. The van der Waals surface area contributed by atoms with E-state index in [9.17, 15) is 4.79 Å². The molecule has 2 aromatic rings. The molecule has 0 aliphatic carbocycles. The number of hydrogen-bond acceptors (Lipinski definition) is 2. The van der Waals surface area contributed by atoms with Gasteiger partial charge in [-0.15, -0.1) is 11.6 Å². The number of carbonyl (C=O) groups excluding carboxylic acids is 1. The van der Waals surface area contributed by atoms with Crippen LogP contribution in [-0.2, 0) is 0 Å². The lowest BCUT2D eigenvalue weighted by atomic mass is 10.1. The third-order valence-electron chi connectivity index (χ3n) is 2.62. The molecule has 0 radical (unpaired) electrons. The van der Waals surface area contributed by atoms with Crippen LogP contribution in [0.5, 0.6) is 0 Å². The third-order valence-corrected chi connectivity index (χ3v) is 3.29. The van der Waals surface area contributed by atoms with E-state index in [0.29, 0.717) is 11.6 Å². The molecule has 18 heavy (non-hydrogen) atoms. The van der Waals surface area contributed by atoms with Gasteiger partial charge in [0.1, 0.15) is 5.69 Å². The van der Waals surface area contributed by atoms with E-state index in [4.69, 9.17) is 11.6 Å². The van der Waals surface area contributed by atoms with Crippen molar-refractivity contribution >= 4 is 28.4 Å². The fraction of sp³-hybridized carbons (Fsp3) is 0.286. The van der Waals surface area contributed by atoms with E-state index >= 15 is 0 Å². The smallest absolute Gasteiger partial charge is 0.270 e. The van der Waals surface area contributed by atoms with Gasteiger partial charge in [0.25, 0.3) is 5.91 Å². The van der Waals surface area contributed by atoms with Gasteiger partial charge in [-0.1, -0.05) is 24.3 Å². The fourth-order valence-electron chi connectivity index (χ4n) is 1.60. The summed E-state index contributed by atoms with van der Waals surface area (Å²) in [6.07, 6.45) is 0. The number of amides is 1. The normalized spacial score (nSPS) is 11.5. The van der Waals surface area contributed by atoms with Crippen molar-refractivity contribution in [2.24, 2.45) is 0 Å². The Morgan fingerprint density at radius 2 is 2.00 bits per heavy atom. The Kier molecular flexibility index (Phi) is 3.53. The molecule has 1 N–H and O–H groups in total. The quantitative estimate of drug-likeness (QED) is 0.864. The molecule has 0 atom stereocenters. The van der Waals surface area contributed by atoms with Crippen LogP contribution in [0.1, 0.15) is 24.3 Å². The largest absolute Gasteiger partial charge is 0.345 e. The zero-order chi connectivity index (χ0) is 13.2. The van der Waals surface area contributed by atoms with Gasteiger partial charge in [-0.05, 0) is 26.0 Å². The average molecular weight is 263 g/mol. The van der Waals surface area contributed by atoms with Crippen LogP contribution in [0, 0.1) is 0 Å². The molecule has 0 bridgehead atoms. The molecule has 4 heteroatoms. The molecule has 0 saturated heterocycles. The summed E-state index contributed by atoms with van der Waals surface area (Å²) in [5.41, 5.74) is 0.784. The Morgan fingerprint density at radius 3 is 2.72 bits per heavy atom. The van der Waals surface area contributed by atoms with Crippen LogP contribution in [0.3, 0.4) is 0 Å². The van der Waals surface area contributed by atoms with Crippen LogP contribution < -0.4 is 5.32 Å². The van der Waals surface area contributed by atoms with E-state index in [1.54, 1.807) is 6.07 Å². The molecule has 1 aromatic carbocycles. The summed E-state index contributed by atoms with van der Waals surface area (Å²) in [6.45, 7) is 3.75. The fourth-order valence-corrected chi connectivity index (χ4v) is 1.66. The summed E-state index contributed by atoms with van der Waals surface area (Å²) in [5, 5.41) is 3.87. The van der Waals surface area contributed by atoms with Gasteiger partial charge in [0, 0.05) is 16.8 Å². The highest BCUT2D eigenvalue weighted by atomic mass is 35.5. The lowest BCUT2D eigenvalue weighted by Crippen LogP contribution is -2.45. The molecule has 0 spiro atoms. The Bertz CT molecular complexity index is 581. The van der Waals surface area contributed by atoms with Gasteiger partial charge in [0.2, 0.25) is 0 Å². The van der Waals surface area contributed by atoms with E-state index in [0.717, 1.165) is 10.9 Å². The number of rotatable bonds is 3. The standard InChI is InChI=1S/C14H15ClN2O/c1-14(2,9-15)17-13(18)12-8-7-10-5-3-4-6-11(10)16-12/h3-8H,9H2,1-2H3,(H,17,18). The number of para-hydroxylation sites is 1. The molecule has 0 unspecified atom stereocenters. The second kappa shape index (κ2) is 4.94. The summed E-state index contributed by atoms with van der Waals surface area (Å²) >= 11 is 5.78. The van der Waals surface area contributed by atoms with E-state index < -0.39 is 5.54 Å². The highest BCUT2D eigenvalue weighted by molar-refractivity contribution is 6.18. The van der Waals surface area contributed by atoms with Gasteiger partial charge in [-0.3, -0.25) is 4.79 Å². The van der Waals surface area contributed by atoms with Crippen LogP contribution in [0.2, 0.25) is 0 Å². The summed E-state index contributed by atoms with van der Waals surface area (Å²) < 4.78 is 0. The number of carbonyl (C=O) groups is 1. The van der Waals surface area contributed by atoms with Crippen LogP contribution in [0.4, 0.5) is 0 Å². The number of nitrogens with zero attached hydrogens (tertiary/aromatic N) is 1. The maximum Gasteiger partial charge on any atom is 0.270 e. The average Bonchev–Trinajstić information content (AvgIpc) is 2.37. The van der Waals surface area contributed by atoms with Gasteiger partial charge >= 0.3 is 0 Å². The van der Waals surface area contributed by atoms with Crippen molar-refractivity contribution in [3.8, 4) is 0 Å². The van der Waals surface area contributed by atoms with Crippen molar-refractivity contribution in [2.75, 3.05) is 5.88 Å². The van der Waals surface area contributed by atoms with Crippen molar-refractivity contribution in [3.05, 3.63) is 42.1 Å². The zero-order valence-electron chi connectivity index (χ0n) is 10.4. The molecule has 0 aliphatic heterocycles. The van der Waals surface area contributed by atoms with Gasteiger partial charge in [-0.25, -0.2) is 4.98 Å². The van der Waals surface area contributed by atoms with Gasteiger partial charge in [0.15, 0.2) is 0 Å². The first-order chi connectivity index (χ1) is 8.52. The zero-order valence-corrected chi connectivity index (χ0v) is 11.2. The molecule has 1 aromatic heterocycles. The molecular formula is C14H15ClN2O. The van der Waals surface area contributed by atoms with E-state index in [1.807, 2.05) is 44.2 Å². The highest BCUT2D eigenvalue weighted by Crippen LogP contribution is 2.13. The third kappa shape index (κ3) is 2.79. The van der Waals surface area contributed by atoms with E-state index in [1.165, 1.54) is 0 Å². The number of benzene rings is 1.